The number of aromatic nitrogens is 2. The Balaban J connectivity index is 1.85. The van der Waals surface area contributed by atoms with E-state index in [-0.39, 0.29) is 38.6 Å². The highest BCUT2D eigenvalue weighted by Crippen LogP contribution is 2.33. The first-order valence-corrected chi connectivity index (χ1v) is 11.1. The summed E-state index contributed by atoms with van der Waals surface area (Å²) in [7, 11) is 3.86. The number of H-pyrrole nitrogens is 1. The van der Waals surface area contributed by atoms with Crippen LogP contribution in [0, 0.1) is 17.5 Å². The number of halogens is 3. The van der Waals surface area contributed by atoms with Gasteiger partial charge in [-0.1, -0.05) is 0 Å². The van der Waals surface area contributed by atoms with Crippen LogP contribution in [-0.2, 0) is 6.61 Å². The zero-order chi connectivity index (χ0) is 26.1. The summed E-state index contributed by atoms with van der Waals surface area (Å²) in [4.78, 5) is 40.6. The zero-order valence-corrected chi connectivity index (χ0v) is 19.8. The lowest BCUT2D eigenvalue weighted by Gasteiger charge is -2.16. The van der Waals surface area contributed by atoms with Crippen LogP contribution in [0.4, 0.5) is 13.2 Å². The third kappa shape index (κ3) is 4.17. The number of carbonyl (C=O) groups excluding carboxylic acids is 1. The molecule has 0 atom stereocenters. The average Bonchev–Trinajstić information content (AvgIpc) is 3.29. The summed E-state index contributed by atoms with van der Waals surface area (Å²) >= 11 is 0.935. The number of fused-ring (bicyclic) bond motifs is 1. The predicted molar refractivity (Wildman–Crippen MR) is 125 cm³/mol. The topological polar surface area (TPSA) is 112 Å². The Morgan fingerprint density at radius 1 is 1.06 bits per heavy atom. The summed E-state index contributed by atoms with van der Waals surface area (Å²) in [5, 5.41) is 3.71. The van der Waals surface area contributed by atoms with Gasteiger partial charge in [-0.3, -0.25) is 9.59 Å². The van der Waals surface area contributed by atoms with Crippen molar-refractivity contribution in [1.82, 2.24) is 14.9 Å². The lowest BCUT2D eigenvalue weighted by Crippen LogP contribution is -2.34. The molecule has 0 aliphatic rings. The maximum absolute atomic E-state index is 15.1. The minimum atomic E-state index is -1.20. The van der Waals surface area contributed by atoms with Crippen LogP contribution in [-0.4, -0.2) is 36.7 Å². The molecular weight excluding hydrogens is 503 g/mol. The second-order valence-corrected chi connectivity index (χ2v) is 8.17. The molecule has 4 rings (SSSR count). The van der Waals surface area contributed by atoms with Crippen LogP contribution in [0.25, 0.3) is 16.6 Å². The van der Waals surface area contributed by atoms with Crippen LogP contribution >= 0.6 is 11.3 Å². The summed E-state index contributed by atoms with van der Waals surface area (Å²) < 4.78 is 59.4. The molecule has 36 heavy (non-hydrogen) atoms. The van der Waals surface area contributed by atoms with Gasteiger partial charge >= 0.3 is 5.69 Å². The van der Waals surface area contributed by atoms with Crippen molar-refractivity contribution in [3.8, 4) is 22.9 Å². The van der Waals surface area contributed by atoms with Gasteiger partial charge in [0.2, 0.25) is 0 Å². The maximum atomic E-state index is 15.1. The van der Waals surface area contributed by atoms with Gasteiger partial charge in [0.25, 0.3) is 11.5 Å². The Morgan fingerprint density at radius 2 is 1.78 bits per heavy atom. The number of carbonyl (C=O) groups is 1. The largest absolute Gasteiger partial charge is 0.496 e. The first-order valence-electron chi connectivity index (χ1n) is 10.2. The standard InChI is InChI=1S/C23H18F3N3O6S/c1-27-21(30)20-18-13(9-36-20)28-23(32)29(22(18)31)14-7-17(16(34-3)6-12(14)25)35-8-10-15(33-2)5-4-11(24)19(10)26/h4-7,9H,8H2,1-3H3,(H,27,30)(H,28,32). The van der Waals surface area contributed by atoms with Crippen LogP contribution in [0.5, 0.6) is 17.2 Å². The Bertz CT molecular complexity index is 1610. The van der Waals surface area contributed by atoms with Gasteiger partial charge in [-0.2, -0.15) is 0 Å². The van der Waals surface area contributed by atoms with Crippen molar-refractivity contribution in [3.05, 3.63) is 78.4 Å². The summed E-state index contributed by atoms with van der Waals surface area (Å²) in [5.41, 5.74) is -2.57. The molecule has 0 saturated heterocycles. The van der Waals surface area contributed by atoms with Crippen molar-refractivity contribution < 1.29 is 32.2 Å². The first kappa shape index (κ1) is 24.9. The molecule has 2 N–H and O–H groups in total. The number of ether oxygens (including phenoxy) is 3. The highest BCUT2D eigenvalue weighted by molar-refractivity contribution is 7.13. The van der Waals surface area contributed by atoms with E-state index in [4.69, 9.17) is 14.2 Å². The fourth-order valence-electron chi connectivity index (χ4n) is 3.56. The van der Waals surface area contributed by atoms with Gasteiger partial charge < -0.3 is 24.5 Å². The molecule has 0 bridgehead atoms. The number of amides is 1. The third-order valence-corrected chi connectivity index (χ3v) is 6.28. The Morgan fingerprint density at radius 3 is 2.44 bits per heavy atom. The molecule has 2 aromatic carbocycles. The van der Waals surface area contributed by atoms with Crippen LogP contribution < -0.4 is 30.8 Å². The molecule has 13 heteroatoms. The number of aromatic amines is 1. The fourth-order valence-corrected chi connectivity index (χ4v) is 4.49. The minimum absolute atomic E-state index is 0.00695. The highest BCUT2D eigenvalue weighted by atomic mass is 32.1. The molecule has 0 saturated carbocycles. The number of benzene rings is 2. The third-order valence-electron chi connectivity index (χ3n) is 5.30. The van der Waals surface area contributed by atoms with Gasteiger partial charge in [0.15, 0.2) is 29.0 Å². The number of hydrogen-bond donors (Lipinski definition) is 2. The number of nitrogens with zero attached hydrogens (tertiary/aromatic N) is 1. The van der Waals surface area contributed by atoms with Gasteiger partial charge in [-0.25, -0.2) is 22.5 Å². The number of thiophene rings is 1. The monoisotopic (exact) mass is 521 g/mol. The van der Waals surface area contributed by atoms with Crippen LogP contribution in [0.3, 0.4) is 0 Å². The number of methoxy groups -OCH3 is 2. The van der Waals surface area contributed by atoms with Gasteiger partial charge in [0, 0.05) is 24.6 Å². The number of hydrogen-bond acceptors (Lipinski definition) is 7. The Kier molecular flexibility index (Phi) is 6.75. The van der Waals surface area contributed by atoms with Gasteiger partial charge in [0.05, 0.1) is 36.4 Å². The average molecular weight is 521 g/mol. The van der Waals surface area contributed by atoms with Gasteiger partial charge in [-0.05, 0) is 12.1 Å². The molecule has 0 aliphatic heterocycles. The van der Waals surface area contributed by atoms with Crippen molar-refractivity contribution in [2.75, 3.05) is 21.3 Å². The molecule has 2 heterocycles. The second-order valence-electron chi connectivity index (χ2n) is 7.29. The van der Waals surface area contributed by atoms with E-state index in [1.165, 1.54) is 32.7 Å². The SMILES string of the molecule is CNC(=O)c1scc2[nH]c(=O)n(-c3cc(OCc4c(OC)ccc(F)c4F)c(OC)cc3F)c(=O)c12. The molecule has 0 fully saturated rings. The molecule has 4 aromatic rings. The zero-order valence-electron chi connectivity index (χ0n) is 19.0. The Labute approximate surface area is 204 Å². The van der Waals surface area contributed by atoms with Crippen molar-refractivity contribution in [1.29, 1.82) is 0 Å². The molecule has 0 aliphatic carbocycles. The molecule has 0 unspecified atom stereocenters. The lowest BCUT2D eigenvalue weighted by molar-refractivity contribution is 0.0968. The van der Waals surface area contributed by atoms with E-state index < -0.39 is 46.9 Å². The molecular formula is C23H18F3N3O6S. The van der Waals surface area contributed by atoms with Crippen LogP contribution in [0.15, 0.2) is 39.2 Å². The van der Waals surface area contributed by atoms with E-state index in [9.17, 15) is 23.2 Å². The Hall–Kier alpha value is -4.26. The smallest absolute Gasteiger partial charge is 0.333 e. The van der Waals surface area contributed by atoms with E-state index in [1.807, 2.05) is 0 Å². The summed E-state index contributed by atoms with van der Waals surface area (Å²) in [5.74, 6) is -4.22. The maximum Gasteiger partial charge on any atom is 0.333 e. The second kappa shape index (κ2) is 9.77. The van der Waals surface area contributed by atoms with Gasteiger partial charge in [0.1, 0.15) is 17.2 Å². The summed E-state index contributed by atoms with van der Waals surface area (Å²) in [6.07, 6.45) is 0. The molecule has 0 radical (unpaired) electrons. The van der Waals surface area contributed by atoms with Gasteiger partial charge in [-0.15, -0.1) is 11.3 Å². The summed E-state index contributed by atoms with van der Waals surface area (Å²) in [6.45, 7) is -0.552. The summed E-state index contributed by atoms with van der Waals surface area (Å²) in [6, 6.07) is 3.98. The highest BCUT2D eigenvalue weighted by Gasteiger charge is 2.23. The molecule has 2 aromatic heterocycles. The number of nitrogens with one attached hydrogen (secondary N) is 2. The lowest BCUT2D eigenvalue weighted by atomic mass is 10.2. The van der Waals surface area contributed by atoms with Crippen molar-refractivity contribution in [2.24, 2.45) is 0 Å². The van der Waals surface area contributed by atoms with Crippen LogP contribution in [0.1, 0.15) is 15.2 Å². The van der Waals surface area contributed by atoms with Crippen molar-refractivity contribution in [3.63, 3.8) is 0 Å². The molecule has 0 spiro atoms. The van der Waals surface area contributed by atoms with Crippen molar-refractivity contribution in [2.45, 2.75) is 6.61 Å². The van der Waals surface area contributed by atoms with Crippen molar-refractivity contribution >= 4 is 28.1 Å². The van der Waals surface area contributed by atoms with E-state index in [0.717, 1.165) is 29.5 Å². The quantitative estimate of drug-likeness (QED) is 0.387. The number of rotatable bonds is 7. The molecule has 188 valence electrons. The van der Waals surface area contributed by atoms with Crippen LogP contribution in [0.2, 0.25) is 0 Å². The van der Waals surface area contributed by atoms with E-state index in [2.05, 4.69) is 10.3 Å². The molecule has 1 amide bonds. The first-order chi connectivity index (χ1) is 17.2. The van der Waals surface area contributed by atoms with E-state index in [0.29, 0.717) is 4.57 Å². The molecule has 9 nitrogen and oxygen atoms in total. The fraction of sp³-hybridized carbons (Fsp3) is 0.174. The predicted octanol–water partition coefficient (Wildman–Crippen LogP) is 3.11. The minimum Gasteiger partial charge on any atom is -0.496 e. The van der Waals surface area contributed by atoms with E-state index in [1.54, 1.807) is 0 Å². The van der Waals surface area contributed by atoms with E-state index >= 15 is 4.39 Å². The normalized spacial score (nSPS) is 10.9.